The number of nitrogens with one attached hydrogen (secondary N) is 1. The average Bonchev–Trinajstić information content (AvgIpc) is 2.31. The van der Waals surface area contributed by atoms with Gasteiger partial charge >= 0.3 is 6.03 Å². The summed E-state index contributed by atoms with van der Waals surface area (Å²) < 4.78 is 0. The molecule has 1 aliphatic rings. The number of hydrogen-bond acceptors (Lipinski definition) is 2. The molecule has 2 atom stereocenters. The fourth-order valence-electron chi connectivity index (χ4n) is 2.60. The van der Waals surface area contributed by atoms with Gasteiger partial charge in [-0.1, -0.05) is 26.0 Å². The van der Waals surface area contributed by atoms with Gasteiger partial charge in [-0.05, 0) is 30.4 Å². The number of carbonyl (C=O) groups excluding carboxylic acids is 1. The molecular formula is C14H20N2OS. The number of amides is 2. The molecule has 2 unspecified atom stereocenters. The van der Waals surface area contributed by atoms with Crippen LogP contribution in [0.4, 0.5) is 10.5 Å². The summed E-state index contributed by atoms with van der Waals surface area (Å²) in [6.45, 7) is 6.07. The fourth-order valence-corrected chi connectivity index (χ4v) is 2.82. The zero-order valence-corrected chi connectivity index (χ0v) is 11.8. The van der Waals surface area contributed by atoms with E-state index in [9.17, 15) is 4.79 Å². The molecule has 2 amide bonds. The standard InChI is InChI=1S/C14H20N2OS/c1-10-7-11(2)9-16(8-10)14(17)15-12-5-3-4-6-13(12)18/h3-6,10-11,18H,7-9H2,1-2H3,(H,15,17). The predicted molar refractivity (Wildman–Crippen MR) is 77.2 cm³/mol. The van der Waals surface area contributed by atoms with Crippen LogP contribution < -0.4 is 5.32 Å². The van der Waals surface area contributed by atoms with E-state index in [0.717, 1.165) is 23.7 Å². The number of thiol groups is 1. The second-order valence-corrected chi connectivity index (χ2v) is 5.78. The van der Waals surface area contributed by atoms with Crippen LogP contribution in [0.5, 0.6) is 0 Å². The third-order valence-electron chi connectivity index (χ3n) is 3.30. The number of benzene rings is 1. The molecule has 1 aromatic carbocycles. The summed E-state index contributed by atoms with van der Waals surface area (Å²) in [5.41, 5.74) is 0.775. The first-order chi connectivity index (χ1) is 8.56. The number of carbonyl (C=O) groups is 1. The third kappa shape index (κ3) is 3.19. The van der Waals surface area contributed by atoms with Crippen LogP contribution in [-0.4, -0.2) is 24.0 Å². The highest BCUT2D eigenvalue weighted by Crippen LogP contribution is 2.23. The minimum atomic E-state index is -0.0186. The van der Waals surface area contributed by atoms with Crippen molar-refractivity contribution in [1.82, 2.24) is 4.90 Å². The smallest absolute Gasteiger partial charge is 0.321 e. The van der Waals surface area contributed by atoms with Crippen molar-refractivity contribution in [3.63, 3.8) is 0 Å². The van der Waals surface area contributed by atoms with Gasteiger partial charge in [0.15, 0.2) is 0 Å². The molecule has 1 saturated heterocycles. The van der Waals surface area contributed by atoms with Gasteiger partial charge in [-0.2, -0.15) is 0 Å². The molecule has 1 aliphatic heterocycles. The lowest BCUT2D eigenvalue weighted by Gasteiger charge is -2.35. The van der Waals surface area contributed by atoms with Gasteiger partial charge in [0.05, 0.1) is 5.69 Å². The lowest BCUT2D eigenvalue weighted by molar-refractivity contribution is 0.156. The molecule has 18 heavy (non-hydrogen) atoms. The van der Waals surface area contributed by atoms with Crippen molar-refractivity contribution in [3.05, 3.63) is 24.3 Å². The Morgan fingerprint density at radius 3 is 2.50 bits per heavy atom. The Bertz CT molecular complexity index is 426. The minimum absolute atomic E-state index is 0.0186. The molecule has 1 aromatic rings. The number of hydrogen-bond donors (Lipinski definition) is 2. The van der Waals surface area contributed by atoms with E-state index in [1.165, 1.54) is 6.42 Å². The van der Waals surface area contributed by atoms with Gasteiger partial charge in [0.25, 0.3) is 0 Å². The first-order valence-electron chi connectivity index (χ1n) is 6.40. The largest absolute Gasteiger partial charge is 0.324 e. The van der Waals surface area contributed by atoms with E-state index in [0.29, 0.717) is 11.8 Å². The maximum atomic E-state index is 12.2. The molecule has 0 saturated carbocycles. The van der Waals surface area contributed by atoms with Crippen molar-refractivity contribution < 1.29 is 4.79 Å². The zero-order valence-electron chi connectivity index (χ0n) is 10.9. The number of anilines is 1. The van der Waals surface area contributed by atoms with Crippen LogP contribution in [0.25, 0.3) is 0 Å². The van der Waals surface area contributed by atoms with Crippen molar-refractivity contribution >= 4 is 24.3 Å². The summed E-state index contributed by atoms with van der Waals surface area (Å²) in [4.78, 5) is 14.9. The van der Waals surface area contributed by atoms with Gasteiger partial charge < -0.3 is 10.2 Å². The maximum Gasteiger partial charge on any atom is 0.321 e. The van der Waals surface area contributed by atoms with Crippen molar-refractivity contribution in [2.45, 2.75) is 25.2 Å². The normalized spacial score (nSPS) is 23.8. The summed E-state index contributed by atoms with van der Waals surface area (Å²) >= 11 is 4.34. The Morgan fingerprint density at radius 2 is 1.89 bits per heavy atom. The molecule has 3 nitrogen and oxygen atoms in total. The third-order valence-corrected chi connectivity index (χ3v) is 3.69. The number of urea groups is 1. The topological polar surface area (TPSA) is 32.3 Å². The molecule has 0 aromatic heterocycles. The van der Waals surface area contributed by atoms with Crippen molar-refractivity contribution in [2.75, 3.05) is 18.4 Å². The molecule has 98 valence electrons. The molecule has 1 fully saturated rings. The molecule has 0 bridgehead atoms. The average molecular weight is 264 g/mol. The van der Waals surface area contributed by atoms with E-state index in [-0.39, 0.29) is 6.03 Å². The van der Waals surface area contributed by atoms with Gasteiger partial charge in [-0.25, -0.2) is 4.79 Å². The summed E-state index contributed by atoms with van der Waals surface area (Å²) in [7, 11) is 0. The van der Waals surface area contributed by atoms with E-state index < -0.39 is 0 Å². The Balaban J connectivity index is 2.02. The zero-order chi connectivity index (χ0) is 13.1. The lowest BCUT2D eigenvalue weighted by atomic mass is 9.92. The molecular weight excluding hydrogens is 244 g/mol. The number of rotatable bonds is 1. The van der Waals surface area contributed by atoms with Crippen LogP contribution in [0, 0.1) is 11.8 Å². The molecule has 4 heteroatoms. The SMILES string of the molecule is CC1CC(C)CN(C(=O)Nc2ccccc2S)C1. The van der Waals surface area contributed by atoms with Crippen LogP contribution in [0.3, 0.4) is 0 Å². The summed E-state index contributed by atoms with van der Waals surface area (Å²) in [5.74, 6) is 1.15. The highest BCUT2D eigenvalue weighted by atomic mass is 32.1. The van der Waals surface area contributed by atoms with Gasteiger partial charge in [0, 0.05) is 18.0 Å². The lowest BCUT2D eigenvalue weighted by Crippen LogP contribution is -2.44. The Labute approximate surface area is 114 Å². The van der Waals surface area contributed by atoms with Gasteiger partial charge in [-0.15, -0.1) is 12.6 Å². The Kier molecular flexibility index (Phi) is 4.17. The highest BCUT2D eigenvalue weighted by Gasteiger charge is 2.25. The van der Waals surface area contributed by atoms with Gasteiger partial charge in [-0.3, -0.25) is 0 Å². The second kappa shape index (κ2) is 5.65. The maximum absolute atomic E-state index is 12.2. The molecule has 0 radical (unpaired) electrons. The van der Waals surface area contributed by atoms with E-state index in [1.54, 1.807) is 0 Å². The van der Waals surface area contributed by atoms with E-state index >= 15 is 0 Å². The minimum Gasteiger partial charge on any atom is -0.324 e. The number of nitrogens with zero attached hydrogens (tertiary/aromatic N) is 1. The quantitative estimate of drug-likeness (QED) is 0.748. The fraction of sp³-hybridized carbons (Fsp3) is 0.500. The van der Waals surface area contributed by atoms with Crippen LogP contribution in [-0.2, 0) is 0 Å². The number of para-hydroxylation sites is 1. The Hall–Kier alpha value is -1.16. The first-order valence-corrected chi connectivity index (χ1v) is 6.85. The van der Waals surface area contributed by atoms with Gasteiger partial charge in [0.1, 0.15) is 0 Å². The highest BCUT2D eigenvalue weighted by molar-refractivity contribution is 7.80. The second-order valence-electron chi connectivity index (χ2n) is 5.30. The monoisotopic (exact) mass is 264 g/mol. The van der Waals surface area contributed by atoms with Gasteiger partial charge in [0.2, 0.25) is 0 Å². The van der Waals surface area contributed by atoms with E-state index in [4.69, 9.17) is 0 Å². The van der Waals surface area contributed by atoms with Crippen LogP contribution in [0.2, 0.25) is 0 Å². The van der Waals surface area contributed by atoms with Crippen LogP contribution >= 0.6 is 12.6 Å². The molecule has 0 spiro atoms. The summed E-state index contributed by atoms with van der Waals surface area (Å²) in [6, 6.07) is 7.53. The van der Waals surface area contributed by atoms with Crippen LogP contribution in [0.1, 0.15) is 20.3 Å². The molecule has 2 rings (SSSR count). The van der Waals surface area contributed by atoms with Crippen LogP contribution in [0.15, 0.2) is 29.2 Å². The summed E-state index contributed by atoms with van der Waals surface area (Å²) in [6.07, 6.45) is 1.20. The predicted octanol–water partition coefficient (Wildman–Crippen LogP) is 3.49. The molecule has 1 heterocycles. The summed E-state index contributed by atoms with van der Waals surface area (Å²) in [5, 5.41) is 2.93. The Morgan fingerprint density at radius 1 is 1.28 bits per heavy atom. The van der Waals surface area contributed by atoms with E-state index in [2.05, 4.69) is 31.8 Å². The number of piperidine rings is 1. The van der Waals surface area contributed by atoms with Crippen molar-refractivity contribution in [2.24, 2.45) is 11.8 Å². The van der Waals surface area contributed by atoms with Crippen molar-refractivity contribution in [1.29, 1.82) is 0 Å². The first kappa shape index (κ1) is 13.3. The number of likely N-dealkylation sites (tertiary alicyclic amines) is 1. The van der Waals surface area contributed by atoms with E-state index in [1.807, 2.05) is 29.2 Å². The molecule has 0 aliphatic carbocycles. The molecule has 1 N–H and O–H groups in total. The van der Waals surface area contributed by atoms with Crippen molar-refractivity contribution in [3.8, 4) is 0 Å².